The van der Waals surface area contributed by atoms with Crippen LogP contribution in [0.2, 0.25) is 0 Å². The molecule has 3 rings (SSSR count). The van der Waals surface area contributed by atoms with Crippen LogP contribution >= 0.6 is 11.8 Å². The van der Waals surface area contributed by atoms with Crippen LogP contribution in [0.5, 0.6) is 0 Å². The first kappa shape index (κ1) is 17.2. The molecule has 128 valence electrons. The van der Waals surface area contributed by atoms with Gasteiger partial charge in [0.05, 0.1) is 5.75 Å². The second kappa shape index (κ2) is 7.94. The predicted molar refractivity (Wildman–Crippen MR) is 93.4 cm³/mol. The third kappa shape index (κ3) is 4.67. The number of rotatable bonds is 6. The molecule has 0 radical (unpaired) electrons. The van der Waals surface area contributed by atoms with Crippen molar-refractivity contribution in [2.75, 3.05) is 5.75 Å². The van der Waals surface area contributed by atoms with Crippen LogP contribution in [0.1, 0.15) is 11.1 Å². The van der Waals surface area contributed by atoms with Crippen LogP contribution in [0, 0.1) is 12.7 Å². The fourth-order valence-electron chi connectivity index (χ4n) is 2.17. The molecule has 1 amide bonds. The van der Waals surface area contributed by atoms with E-state index in [0.717, 1.165) is 16.7 Å². The summed E-state index contributed by atoms with van der Waals surface area (Å²) >= 11 is 1.18. The lowest BCUT2D eigenvalue weighted by atomic mass is 10.1. The molecular weight excluding hydrogens is 341 g/mol. The van der Waals surface area contributed by atoms with Gasteiger partial charge in [0.2, 0.25) is 11.8 Å². The van der Waals surface area contributed by atoms with Crippen molar-refractivity contribution in [1.29, 1.82) is 0 Å². The van der Waals surface area contributed by atoms with Crippen molar-refractivity contribution in [1.82, 2.24) is 15.5 Å². The van der Waals surface area contributed by atoms with Gasteiger partial charge in [-0.05, 0) is 36.2 Å². The van der Waals surface area contributed by atoms with Gasteiger partial charge in [-0.15, -0.1) is 10.2 Å². The molecule has 0 saturated heterocycles. The molecule has 1 heterocycles. The molecule has 0 fully saturated rings. The van der Waals surface area contributed by atoms with E-state index >= 15 is 0 Å². The summed E-state index contributed by atoms with van der Waals surface area (Å²) in [4.78, 5) is 11.9. The number of amides is 1. The molecule has 7 heteroatoms. The van der Waals surface area contributed by atoms with Gasteiger partial charge >= 0.3 is 0 Å². The van der Waals surface area contributed by atoms with Crippen LogP contribution in [0.3, 0.4) is 0 Å². The summed E-state index contributed by atoms with van der Waals surface area (Å²) in [7, 11) is 0. The van der Waals surface area contributed by atoms with Crippen molar-refractivity contribution in [3.63, 3.8) is 0 Å². The summed E-state index contributed by atoms with van der Waals surface area (Å²) in [6, 6.07) is 13.7. The van der Waals surface area contributed by atoms with Crippen LogP contribution in [0.15, 0.2) is 58.2 Å². The van der Waals surface area contributed by atoms with Crippen LogP contribution in [0.4, 0.5) is 4.39 Å². The molecule has 1 aromatic heterocycles. The number of carbonyl (C=O) groups is 1. The Labute approximate surface area is 148 Å². The first-order chi connectivity index (χ1) is 12.1. The number of benzene rings is 2. The summed E-state index contributed by atoms with van der Waals surface area (Å²) in [5.74, 6) is 0.139. The summed E-state index contributed by atoms with van der Waals surface area (Å²) in [6.07, 6.45) is 0. The molecule has 0 aliphatic carbocycles. The van der Waals surface area contributed by atoms with Gasteiger partial charge in [-0.3, -0.25) is 4.79 Å². The van der Waals surface area contributed by atoms with Crippen molar-refractivity contribution < 1.29 is 13.6 Å². The summed E-state index contributed by atoms with van der Waals surface area (Å²) in [6.45, 7) is 2.31. The molecular formula is C18H16FN3O2S. The fourth-order valence-corrected chi connectivity index (χ4v) is 2.76. The van der Waals surface area contributed by atoms with Crippen molar-refractivity contribution in [2.45, 2.75) is 18.7 Å². The molecule has 0 unspecified atom stereocenters. The smallest absolute Gasteiger partial charge is 0.277 e. The topological polar surface area (TPSA) is 68.0 Å². The van der Waals surface area contributed by atoms with Gasteiger partial charge in [-0.1, -0.05) is 42.1 Å². The maximum absolute atomic E-state index is 12.8. The molecule has 1 N–H and O–H groups in total. The Kier molecular flexibility index (Phi) is 5.45. The third-order valence-corrected chi connectivity index (χ3v) is 4.33. The summed E-state index contributed by atoms with van der Waals surface area (Å²) in [5.41, 5.74) is 2.75. The number of hydrogen-bond acceptors (Lipinski definition) is 5. The van der Waals surface area contributed by atoms with Gasteiger partial charge in [0, 0.05) is 12.1 Å². The number of aromatic nitrogens is 2. The standard InChI is InChI=1S/C18H16FN3O2S/c1-12-4-2-3-5-15(12)17-21-22-18(24-17)25-11-16(23)20-10-13-6-8-14(19)9-7-13/h2-9H,10-11H2,1H3,(H,20,23). The highest BCUT2D eigenvalue weighted by molar-refractivity contribution is 7.99. The molecule has 0 aliphatic rings. The molecule has 0 atom stereocenters. The minimum absolute atomic E-state index is 0.162. The molecule has 2 aromatic carbocycles. The summed E-state index contributed by atoms with van der Waals surface area (Å²) in [5, 5.41) is 11.1. The lowest BCUT2D eigenvalue weighted by Crippen LogP contribution is -2.24. The Hall–Kier alpha value is -2.67. The minimum Gasteiger partial charge on any atom is -0.411 e. The van der Waals surface area contributed by atoms with Crippen LogP contribution in [-0.4, -0.2) is 21.9 Å². The minimum atomic E-state index is -0.300. The quantitative estimate of drug-likeness (QED) is 0.683. The predicted octanol–water partition coefficient (Wildman–Crippen LogP) is 3.59. The molecule has 0 bridgehead atoms. The Morgan fingerprint density at radius 3 is 2.68 bits per heavy atom. The van der Waals surface area contributed by atoms with Crippen molar-refractivity contribution in [3.8, 4) is 11.5 Å². The zero-order valence-corrected chi connectivity index (χ0v) is 14.3. The van der Waals surface area contributed by atoms with E-state index in [1.165, 1.54) is 23.9 Å². The summed E-state index contributed by atoms with van der Waals surface area (Å²) < 4.78 is 18.4. The second-order valence-corrected chi connectivity index (χ2v) is 6.31. The Morgan fingerprint density at radius 1 is 1.16 bits per heavy atom. The number of nitrogens with one attached hydrogen (secondary N) is 1. The molecule has 5 nitrogen and oxygen atoms in total. The van der Waals surface area contributed by atoms with Crippen molar-refractivity contribution >= 4 is 17.7 Å². The molecule has 0 aliphatic heterocycles. The van der Waals surface area contributed by atoms with Gasteiger partial charge < -0.3 is 9.73 Å². The van der Waals surface area contributed by atoms with Gasteiger partial charge in [-0.25, -0.2) is 4.39 Å². The number of hydrogen-bond donors (Lipinski definition) is 1. The highest BCUT2D eigenvalue weighted by Gasteiger charge is 2.12. The van der Waals surface area contributed by atoms with E-state index in [4.69, 9.17) is 4.42 Å². The number of carbonyl (C=O) groups excluding carboxylic acids is 1. The Morgan fingerprint density at radius 2 is 1.92 bits per heavy atom. The van der Waals surface area contributed by atoms with Gasteiger partial charge in [0.1, 0.15) is 5.82 Å². The molecule has 0 spiro atoms. The number of thioether (sulfide) groups is 1. The van der Waals surface area contributed by atoms with E-state index < -0.39 is 0 Å². The second-order valence-electron chi connectivity index (χ2n) is 5.38. The van der Waals surface area contributed by atoms with Gasteiger partial charge in [0.25, 0.3) is 5.22 Å². The number of aryl methyl sites for hydroxylation is 1. The van der Waals surface area contributed by atoms with E-state index in [1.807, 2.05) is 31.2 Å². The average molecular weight is 357 g/mol. The lowest BCUT2D eigenvalue weighted by molar-refractivity contribution is -0.118. The fraction of sp³-hybridized carbons (Fsp3) is 0.167. The molecule has 3 aromatic rings. The average Bonchev–Trinajstić information content (AvgIpc) is 3.08. The SMILES string of the molecule is Cc1ccccc1-c1nnc(SCC(=O)NCc2ccc(F)cc2)o1. The van der Waals surface area contributed by atoms with Crippen molar-refractivity contribution in [3.05, 3.63) is 65.5 Å². The van der Waals surface area contributed by atoms with E-state index in [1.54, 1.807) is 12.1 Å². The monoisotopic (exact) mass is 357 g/mol. The molecule has 0 saturated carbocycles. The van der Waals surface area contributed by atoms with Gasteiger partial charge in [-0.2, -0.15) is 0 Å². The number of nitrogens with zero attached hydrogens (tertiary/aromatic N) is 2. The highest BCUT2D eigenvalue weighted by Crippen LogP contribution is 2.25. The van der Waals surface area contributed by atoms with E-state index in [0.29, 0.717) is 17.7 Å². The first-order valence-corrected chi connectivity index (χ1v) is 8.64. The Balaban J connectivity index is 1.51. The highest BCUT2D eigenvalue weighted by atomic mass is 32.2. The van der Waals surface area contributed by atoms with E-state index in [9.17, 15) is 9.18 Å². The van der Waals surface area contributed by atoms with Gasteiger partial charge in [0.15, 0.2) is 0 Å². The van der Waals surface area contributed by atoms with E-state index in [-0.39, 0.29) is 17.5 Å². The van der Waals surface area contributed by atoms with Crippen LogP contribution in [-0.2, 0) is 11.3 Å². The number of halogens is 1. The normalized spacial score (nSPS) is 10.6. The van der Waals surface area contributed by atoms with Crippen LogP contribution < -0.4 is 5.32 Å². The van der Waals surface area contributed by atoms with Crippen LogP contribution in [0.25, 0.3) is 11.5 Å². The lowest BCUT2D eigenvalue weighted by Gasteiger charge is -2.04. The first-order valence-electron chi connectivity index (χ1n) is 7.65. The largest absolute Gasteiger partial charge is 0.411 e. The van der Waals surface area contributed by atoms with Crippen molar-refractivity contribution in [2.24, 2.45) is 0 Å². The van der Waals surface area contributed by atoms with E-state index in [2.05, 4.69) is 15.5 Å². The third-order valence-electron chi connectivity index (χ3n) is 3.51. The zero-order chi connectivity index (χ0) is 17.6. The maximum Gasteiger partial charge on any atom is 0.277 e. The molecule has 25 heavy (non-hydrogen) atoms. The zero-order valence-electron chi connectivity index (χ0n) is 13.5. The maximum atomic E-state index is 12.8. The Bertz CT molecular complexity index is 865.